The van der Waals surface area contributed by atoms with Gasteiger partial charge in [-0.2, -0.15) is 5.10 Å². The molecule has 1 amide bonds. The van der Waals surface area contributed by atoms with Crippen molar-refractivity contribution in [3.05, 3.63) is 30.3 Å². The summed E-state index contributed by atoms with van der Waals surface area (Å²) < 4.78 is 4.88. The molecule has 1 atom stereocenters. The van der Waals surface area contributed by atoms with E-state index in [2.05, 4.69) is 5.10 Å². The first-order valence-electron chi connectivity index (χ1n) is 6.73. The molecule has 2 rings (SSSR count). The second-order valence-corrected chi connectivity index (χ2v) is 4.62. The van der Waals surface area contributed by atoms with Gasteiger partial charge in [0, 0.05) is 12.1 Å². The monoisotopic (exact) mass is 274 g/mol. The van der Waals surface area contributed by atoms with E-state index in [1.165, 1.54) is 5.01 Å². The molecule has 0 fully saturated rings. The topological polar surface area (TPSA) is 59.0 Å². The first kappa shape index (κ1) is 14.2. The van der Waals surface area contributed by atoms with Crippen LogP contribution in [0.4, 0.5) is 5.69 Å². The highest BCUT2D eigenvalue weighted by atomic mass is 16.5. The lowest BCUT2D eigenvalue weighted by molar-refractivity contribution is -0.143. The van der Waals surface area contributed by atoms with Gasteiger partial charge in [0.25, 0.3) is 5.91 Å². The smallest absolute Gasteiger partial charge is 0.305 e. The van der Waals surface area contributed by atoms with Crippen molar-refractivity contribution >= 4 is 23.3 Å². The zero-order valence-electron chi connectivity index (χ0n) is 11.7. The molecular weight excluding hydrogens is 256 g/mol. The maximum atomic E-state index is 12.3. The SMILES string of the molecule is CCOC(=O)CC[C@H]1C(=O)N(c2ccccc2)N=C1C. The molecule has 1 aromatic carbocycles. The molecule has 0 aliphatic carbocycles. The van der Waals surface area contributed by atoms with Crippen LogP contribution in [0.2, 0.25) is 0 Å². The summed E-state index contributed by atoms with van der Waals surface area (Å²) in [7, 11) is 0. The van der Waals surface area contributed by atoms with Crippen molar-refractivity contribution in [2.45, 2.75) is 26.7 Å². The number of carbonyl (C=O) groups excluding carboxylic acids is 2. The second kappa shape index (κ2) is 6.32. The zero-order valence-corrected chi connectivity index (χ0v) is 11.7. The van der Waals surface area contributed by atoms with Gasteiger partial charge < -0.3 is 4.74 Å². The predicted octanol–water partition coefficient (Wildman–Crippen LogP) is 2.37. The Morgan fingerprint density at radius 3 is 2.70 bits per heavy atom. The van der Waals surface area contributed by atoms with E-state index >= 15 is 0 Å². The maximum absolute atomic E-state index is 12.3. The minimum Gasteiger partial charge on any atom is -0.466 e. The third-order valence-electron chi connectivity index (χ3n) is 3.21. The Morgan fingerprint density at radius 1 is 1.35 bits per heavy atom. The van der Waals surface area contributed by atoms with Crippen LogP contribution in [0.25, 0.3) is 0 Å². The molecule has 20 heavy (non-hydrogen) atoms. The Kier molecular flexibility index (Phi) is 4.50. The Bertz CT molecular complexity index is 525. The molecule has 0 spiro atoms. The summed E-state index contributed by atoms with van der Waals surface area (Å²) in [5.41, 5.74) is 1.48. The number of rotatable bonds is 5. The number of hydrogen-bond acceptors (Lipinski definition) is 4. The highest BCUT2D eigenvalue weighted by Crippen LogP contribution is 2.26. The number of anilines is 1. The minimum atomic E-state index is -0.334. The lowest BCUT2D eigenvalue weighted by Gasteiger charge is -2.13. The Hall–Kier alpha value is -2.17. The summed E-state index contributed by atoms with van der Waals surface area (Å²) in [6.45, 7) is 3.94. The van der Waals surface area contributed by atoms with Crippen molar-refractivity contribution in [3.8, 4) is 0 Å². The van der Waals surface area contributed by atoms with Crippen LogP contribution in [0.5, 0.6) is 0 Å². The van der Waals surface area contributed by atoms with Gasteiger partial charge in [-0.05, 0) is 32.4 Å². The van der Waals surface area contributed by atoms with E-state index in [4.69, 9.17) is 4.74 Å². The summed E-state index contributed by atoms with van der Waals surface area (Å²) in [5, 5.41) is 5.70. The summed E-state index contributed by atoms with van der Waals surface area (Å²) in [5.74, 6) is -0.691. The van der Waals surface area contributed by atoms with E-state index < -0.39 is 0 Å². The average Bonchev–Trinajstić information content (AvgIpc) is 2.73. The molecule has 0 aromatic heterocycles. The van der Waals surface area contributed by atoms with Crippen molar-refractivity contribution in [1.29, 1.82) is 0 Å². The number of ether oxygens (including phenoxy) is 1. The Labute approximate surface area is 118 Å². The van der Waals surface area contributed by atoms with Gasteiger partial charge in [-0.15, -0.1) is 0 Å². The third kappa shape index (κ3) is 3.04. The second-order valence-electron chi connectivity index (χ2n) is 4.62. The first-order chi connectivity index (χ1) is 9.63. The molecule has 0 N–H and O–H groups in total. The van der Waals surface area contributed by atoms with Crippen LogP contribution in [-0.2, 0) is 14.3 Å². The fourth-order valence-electron chi connectivity index (χ4n) is 2.18. The molecular formula is C15H18N2O3. The van der Waals surface area contributed by atoms with Crippen molar-refractivity contribution in [1.82, 2.24) is 0 Å². The summed E-state index contributed by atoms with van der Waals surface area (Å²) in [4.78, 5) is 23.7. The summed E-state index contributed by atoms with van der Waals surface area (Å²) in [6, 6.07) is 9.28. The van der Waals surface area contributed by atoms with Gasteiger partial charge in [0.2, 0.25) is 0 Å². The predicted molar refractivity (Wildman–Crippen MR) is 76.4 cm³/mol. The molecule has 106 valence electrons. The normalized spacial score (nSPS) is 18.1. The summed E-state index contributed by atoms with van der Waals surface area (Å²) in [6.07, 6.45) is 0.677. The van der Waals surface area contributed by atoms with Crippen molar-refractivity contribution < 1.29 is 14.3 Å². The number of benzene rings is 1. The molecule has 5 heteroatoms. The molecule has 1 heterocycles. The van der Waals surface area contributed by atoms with E-state index in [9.17, 15) is 9.59 Å². The Balaban J connectivity index is 2.02. The average molecular weight is 274 g/mol. The van der Waals surface area contributed by atoms with Gasteiger partial charge in [-0.3, -0.25) is 9.59 Å². The van der Waals surface area contributed by atoms with Gasteiger partial charge in [0.05, 0.1) is 18.2 Å². The van der Waals surface area contributed by atoms with Crippen LogP contribution in [0.1, 0.15) is 26.7 Å². The molecule has 5 nitrogen and oxygen atoms in total. The van der Waals surface area contributed by atoms with E-state index in [-0.39, 0.29) is 24.2 Å². The van der Waals surface area contributed by atoms with E-state index in [1.54, 1.807) is 6.92 Å². The lowest BCUT2D eigenvalue weighted by atomic mass is 9.98. The van der Waals surface area contributed by atoms with E-state index in [0.717, 1.165) is 11.4 Å². The summed E-state index contributed by atoms with van der Waals surface area (Å²) >= 11 is 0. The molecule has 0 saturated carbocycles. The number of para-hydroxylation sites is 1. The molecule has 1 aliphatic rings. The van der Waals surface area contributed by atoms with Gasteiger partial charge in [-0.25, -0.2) is 5.01 Å². The van der Waals surface area contributed by atoms with Gasteiger partial charge in [-0.1, -0.05) is 18.2 Å². The molecule has 0 unspecified atom stereocenters. The molecule has 0 radical (unpaired) electrons. The maximum Gasteiger partial charge on any atom is 0.305 e. The van der Waals surface area contributed by atoms with Crippen LogP contribution >= 0.6 is 0 Å². The fourth-order valence-corrected chi connectivity index (χ4v) is 2.18. The number of amides is 1. The van der Waals surface area contributed by atoms with Crippen molar-refractivity contribution in [3.63, 3.8) is 0 Å². The standard InChI is InChI=1S/C15H18N2O3/c1-3-20-14(18)10-9-13-11(2)16-17(15(13)19)12-7-5-4-6-8-12/h4-8,13H,3,9-10H2,1-2H3/t13-/m1/s1. The first-order valence-corrected chi connectivity index (χ1v) is 6.73. The number of esters is 1. The number of hydrazone groups is 1. The van der Waals surface area contributed by atoms with Crippen LogP contribution in [0.3, 0.4) is 0 Å². The quantitative estimate of drug-likeness (QED) is 0.774. The highest BCUT2D eigenvalue weighted by Gasteiger charge is 2.34. The van der Waals surface area contributed by atoms with Crippen LogP contribution in [0, 0.1) is 5.92 Å². The largest absolute Gasteiger partial charge is 0.466 e. The number of nitrogens with zero attached hydrogens (tertiary/aromatic N) is 2. The fraction of sp³-hybridized carbons (Fsp3) is 0.400. The van der Waals surface area contributed by atoms with Gasteiger partial charge in [0.15, 0.2) is 0 Å². The van der Waals surface area contributed by atoms with Gasteiger partial charge in [0.1, 0.15) is 0 Å². The number of carbonyl (C=O) groups is 2. The molecule has 0 bridgehead atoms. The molecule has 1 aromatic rings. The molecule has 1 aliphatic heterocycles. The van der Waals surface area contributed by atoms with E-state index in [0.29, 0.717) is 13.0 Å². The van der Waals surface area contributed by atoms with E-state index in [1.807, 2.05) is 37.3 Å². The van der Waals surface area contributed by atoms with Crippen molar-refractivity contribution in [2.75, 3.05) is 11.6 Å². The minimum absolute atomic E-state index is 0.0852. The van der Waals surface area contributed by atoms with Gasteiger partial charge >= 0.3 is 5.97 Å². The molecule has 0 saturated heterocycles. The highest BCUT2D eigenvalue weighted by molar-refractivity contribution is 6.14. The van der Waals surface area contributed by atoms with Crippen LogP contribution in [-0.4, -0.2) is 24.2 Å². The van der Waals surface area contributed by atoms with Crippen LogP contribution in [0.15, 0.2) is 35.4 Å². The lowest BCUT2D eigenvalue weighted by Crippen LogP contribution is -2.27. The van der Waals surface area contributed by atoms with Crippen molar-refractivity contribution in [2.24, 2.45) is 11.0 Å². The third-order valence-corrected chi connectivity index (χ3v) is 3.21. The zero-order chi connectivity index (χ0) is 14.5. The van der Waals surface area contributed by atoms with Crippen LogP contribution < -0.4 is 5.01 Å². The Morgan fingerprint density at radius 2 is 2.05 bits per heavy atom. The number of hydrogen-bond donors (Lipinski definition) is 0.